The summed E-state index contributed by atoms with van der Waals surface area (Å²) in [4.78, 5) is 36.6. The average molecular weight is 334 g/mol. The lowest BCUT2D eigenvalue weighted by Crippen LogP contribution is -2.41. The van der Waals surface area contributed by atoms with Gasteiger partial charge in [-0.25, -0.2) is 9.59 Å². The minimum atomic E-state index is -0.431. The highest BCUT2D eigenvalue weighted by Crippen LogP contribution is 2.17. The maximum atomic E-state index is 12.1. The molecule has 1 aliphatic heterocycles. The topological polar surface area (TPSA) is 84.9 Å². The van der Waals surface area contributed by atoms with Crippen LogP contribution in [0.3, 0.4) is 0 Å². The van der Waals surface area contributed by atoms with E-state index >= 15 is 0 Å². The Morgan fingerprint density at radius 2 is 1.62 bits per heavy atom. The summed E-state index contributed by atoms with van der Waals surface area (Å²) in [6.07, 6.45) is 1.36. The molecule has 1 aromatic rings. The van der Waals surface area contributed by atoms with Crippen LogP contribution in [0.2, 0.25) is 0 Å². The molecule has 7 heteroatoms. The van der Waals surface area contributed by atoms with E-state index in [9.17, 15) is 14.4 Å². The molecule has 0 bridgehead atoms. The molecule has 0 saturated carbocycles. The second-order valence-electron chi connectivity index (χ2n) is 5.68. The quantitative estimate of drug-likeness (QED) is 0.847. The minimum Gasteiger partial charge on any atom is -0.465 e. The van der Waals surface area contributed by atoms with Gasteiger partial charge in [0.2, 0.25) is 0 Å². The van der Waals surface area contributed by atoms with Crippen LogP contribution < -0.4 is 5.32 Å². The van der Waals surface area contributed by atoms with Crippen LogP contribution in [-0.2, 0) is 9.47 Å². The third-order valence-electron chi connectivity index (χ3n) is 4.17. The van der Waals surface area contributed by atoms with Crippen molar-refractivity contribution in [2.45, 2.75) is 12.8 Å². The summed E-state index contributed by atoms with van der Waals surface area (Å²) in [7, 11) is 2.69. The van der Waals surface area contributed by atoms with Crippen LogP contribution in [0.4, 0.5) is 4.79 Å². The van der Waals surface area contributed by atoms with Gasteiger partial charge >= 0.3 is 12.1 Å². The Kier molecular flexibility index (Phi) is 6.17. The largest absolute Gasteiger partial charge is 0.465 e. The maximum Gasteiger partial charge on any atom is 0.409 e. The number of amides is 2. The third kappa shape index (κ3) is 4.47. The van der Waals surface area contributed by atoms with Gasteiger partial charge in [0.15, 0.2) is 0 Å². The molecule has 130 valence electrons. The first kappa shape index (κ1) is 17.8. The molecule has 0 radical (unpaired) electrons. The van der Waals surface area contributed by atoms with E-state index in [0.29, 0.717) is 36.7 Å². The van der Waals surface area contributed by atoms with Gasteiger partial charge in [-0.15, -0.1) is 0 Å². The lowest BCUT2D eigenvalue weighted by Gasteiger charge is -2.30. The van der Waals surface area contributed by atoms with Crippen molar-refractivity contribution in [3.05, 3.63) is 35.4 Å². The van der Waals surface area contributed by atoms with E-state index in [0.717, 1.165) is 12.8 Å². The molecule has 1 N–H and O–H groups in total. The molecule has 0 unspecified atom stereocenters. The number of carbonyl (C=O) groups is 3. The van der Waals surface area contributed by atoms with Gasteiger partial charge in [0.25, 0.3) is 5.91 Å². The average Bonchev–Trinajstić information content (AvgIpc) is 2.65. The molecule has 2 rings (SSSR count). The molecule has 0 aliphatic carbocycles. The Morgan fingerprint density at radius 3 is 2.17 bits per heavy atom. The summed E-state index contributed by atoms with van der Waals surface area (Å²) in [5, 5.41) is 2.90. The number of benzene rings is 1. The number of hydrogen-bond donors (Lipinski definition) is 1. The van der Waals surface area contributed by atoms with Crippen molar-refractivity contribution in [2.24, 2.45) is 5.92 Å². The summed E-state index contributed by atoms with van der Waals surface area (Å²) in [5.74, 6) is -0.273. The highest BCUT2D eigenvalue weighted by atomic mass is 16.5. The highest BCUT2D eigenvalue weighted by Gasteiger charge is 2.23. The zero-order chi connectivity index (χ0) is 17.5. The van der Waals surface area contributed by atoms with Crippen molar-refractivity contribution in [3.63, 3.8) is 0 Å². The normalized spacial score (nSPS) is 14.8. The first-order valence-corrected chi connectivity index (χ1v) is 7.84. The molecule has 1 aromatic carbocycles. The molecule has 1 heterocycles. The summed E-state index contributed by atoms with van der Waals surface area (Å²) < 4.78 is 9.32. The van der Waals surface area contributed by atoms with Crippen LogP contribution in [0.1, 0.15) is 33.6 Å². The van der Waals surface area contributed by atoms with Gasteiger partial charge in [-0.3, -0.25) is 4.79 Å². The Morgan fingerprint density at radius 1 is 1.04 bits per heavy atom. The fraction of sp³-hybridized carbons (Fsp3) is 0.471. The number of likely N-dealkylation sites (tertiary alicyclic amines) is 1. The van der Waals surface area contributed by atoms with E-state index in [1.165, 1.54) is 14.2 Å². The zero-order valence-electron chi connectivity index (χ0n) is 13.9. The number of esters is 1. The van der Waals surface area contributed by atoms with Crippen LogP contribution in [0.25, 0.3) is 0 Å². The highest BCUT2D eigenvalue weighted by molar-refractivity contribution is 5.96. The summed E-state index contributed by atoms with van der Waals surface area (Å²) in [6.45, 7) is 1.84. The van der Waals surface area contributed by atoms with Gasteiger partial charge in [0, 0.05) is 25.2 Å². The minimum absolute atomic E-state index is 0.179. The Bertz CT molecular complexity index is 592. The molecule has 2 amide bonds. The van der Waals surface area contributed by atoms with Gasteiger partial charge in [-0.1, -0.05) is 0 Å². The van der Waals surface area contributed by atoms with Crippen LogP contribution in [0.5, 0.6) is 0 Å². The SMILES string of the molecule is COC(=O)c1ccc(C(=O)NCC2CCN(C(=O)OC)CC2)cc1. The van der Waals surface area contributed by atoms with Crippen LogP contribution in [-0.4, -0.2) is 56.7 Å². The van der Waals surface area contributed by atoms with Crippen molar-refractivity contribution >= 4 is 18.0 Å². The van der Waals surface area contributed by atoms with Gasteiger partial charge in [0.1, 0.15) is 0 Å². The van der Waals surface area contributed by atoms with Crippen LogP contribution in [0, 0.1) is 5.92 Å². The van der Waals surface area contributed by atoms with E-state index in [1.54, 1.807) is 29.2 Å². The van der Waals surface area contributed by atoms with E-state index in [1.807, 2.05) is 0 Å². The lowest BCUT2D eigenvalue weighted by atomic mass is 9.97. The second-order valence-corrected chi connectivity index (χ2v) is 5.68. The van der Waals surface area contributed by atoms with Gasteiger partial charge in [-0.05, 0) is 43.0 Å². The lowest BCUT2D eigenvalue weighted by molar-refractivity contribution is 0.0600. The maximum absolute atomic E-state index is 12.1. The first-order chi connectivity index (χ1) is 11.5. The van der Waals surface area contributed by atoms with Crippen molar-refractivity contribution in [1.29, 1.82) is 0 Å². The van der Waals surface area contributed by atoms with Crippen molar-refractivity contribution in [3.8, 4) is 0 Å². The number of ether oxygens (including phenoxy) is 2. The molecule has 7 nitrogen and oxygen atoms in total. The molecule has 0 aromatic heterocycles. The van der Waals surface area contributed by atoms with Crippen LogP contribution in [0.15, 0.2) is 24.3 Å². The number of methoxy groups -OCH3 is 2. The number of rotatable bonds is 4. The number of hydrogen-bond acceptors (Lipinski definition) is 5. The number of nitrogens with one attached hydrogen (secondary N) is 1. The van der Waals surface area contributed by atoms with Crippen molar-refractivity contribution < 1.29 is 23.9 Å². The van der Waals surface area contributed by atoms with Crippen molar-refractivity contribution in [1.82, 2.24) is 10.2 Å². The molecule has 1 aliphatic rings. The smallest absolute Gasteiger partial charge is 0.409 e. The first-order valence-electron chi connectivity index (χ1n) is 7.84. The van der Waals surface area contributed by atoms with Gasteiger partial charge in [0.05, 0.1) is 19.8 Å². The van der Waals surface area contributed by atoms with Crippen molar-refractivity contribution in [2.75, 3.05) is 33.9 Å². The number of carbonyl (C=O) groups excluding carboxylic acids is 3. The van der Waals surface area contributed by atoms with E-state index in [2.05, 4.69) is 10.1 Å². The molecule has 1 fully saturated rings. The molecule has 0 spiro atoms. The summed E-state index contributed by atoms with van der Waals surface area (Å²) in [5.41, 5.74) is 0.902. The molecular formula is C17H22N2O5. The number of nitrogens with zero attached hydrogens (tertiary/aromatic N) is 1. The van der Waals surface area contributed by atoms with Gasteiger partial charge < -0.3 is 19.7 Å². The monoisotopic (exact) mass is 334 g/mol. The fourth-order valence-electron chi connectivity index (χ4n) is 2.66. The predicted molar refractivity (Wildman–Crippen MR) is 86.8 cm³/mol. The predicted octanol–water partition coefficient (Wildman–Crippen LogP) is 1.68. The van der Waals surface area contributed by atoms with Crippen LogP contribution >= 0.6 is 0 Å². The standard InChI is InChI=1S/C17H22N2O5/c1-23-16(21)14-5-3-13(4-6-14)15(20)18-11-12-7-9-19(10-8-12)17(22)24-2/h3-6,12H,7-11H2,1-2H3,(H,18,20). The van der Waals surface area contributed by atoms with E-state index in [4.69, 9.17) is 4.74 Å². The molecule has 1 saturated heterocycles. The Hall–Kier alpha value is -2.57. The fourth-order valence-corrected chi connectivity index (χ4v) is 2.66. The number of piperidine rings is 1. The molecule has 24 heavy (non-hydrogen) atoms. The Balaban J connectivity index is 1.79. The van der Waals surface area contributed by atoms with Gasteiger partial charge in [-0.2, -0.15) is 0 Å². The zero-order valence-corrected chi connectivity index (χ0v) is 13.9. The molecular weight excluding hydrogens is 312 g/mol. The Labute approximate surface area is 140 Å². The second kappa shape index (κ2) is 8.33. The summed E-state index contributed by atoms with van der Waals surface area (Å²) in [6, 6.07) is 6.33. The third-order valence-corrected chi connectivity index (χ3v) is 4.17. The molecule has 0 atom stereocenters. The summed E-state index contributed by atoms with van der Waals surface area (Å²) >= 11 is 0. The van der Waals surface area contributed by atoms with E-state index in [-0.39, 0.29) is 12.0 Å². The van der Waals surface area contributed by atoms with E-state index < -0.39 is 5.97 Å².